The molecule has 1 aromatic carbocycles. The van der Waals surface area contributed by atoms with Gasteiger partial charge in [0, 0.05) is 24.2 Å². The van der Waals surface area contributed by atoms with Gasteiger partial charge in [-0.05, 0) is 24.3 Å². The van der Waals surface area contributed by atoms with Gasteiger partial charge in [-0.2, -0.15) is 0 Å². The number of hydrogen-bond donors (Lipinski definition) is 1. The third-order valence-electron chi connectivity index (χ3n) is 1.92. The summed E-state index contributed by atoms with van der Waals surface area (Å²) in [6.07, 6.45) is 1.75. The Kier molecular flexibility index (Phi) is 2.14. The van der Waals surface area contributed by atoms with Crippen LogP contribution in [0.2, 0.25) is 0 Å². The first-order chi connectivity index (χ1) is 6.75. The summed E-state index contributed by atoms with van der Waals surface area (Å²) in [5.41, 5.74) is 1.74. The zero-order valence-corrected chi connectivity index (χ0v) is 7.82. The summed E-state index contributed by atoms with van der Waals surface area (Å²) in [4.78, 5) is 15.0. The van der Waals surface area contributed by atoms with Crippen LogP contribution in [0.5, 0.6) is 0 Å². The zero-order chi connectivity index (χ0) is 9.97. The van der Waals surface area contributed by atoms with Crippen molar-refractivity contribution in [1.82, 2.24) is 4.98 Å². The molecule has 3 heteroatoms. The second kappa shape index (κ2) is 3.46. The highest BCUT2D eigenvalue weighted by atomic mass is 16.1. The minimum atomic E-state index is -0.0618. The first-order valence-corrected chi connectivity index (χ1v) is 4.38. The van der Waals surface area contributed by atoms with Crippen molar-refractivity contribution < 1.29 is 4.79 Å². The number of rotatable bonds is 1. The molecule has 2 aromatic rings. The fourth-order valence-electron chi connectivity index (χ4n) is 1.36. The molecule has 1 amide bonds. The molecule has 14 heavy (non-hydrogen) atoms. The Bertz CT molecular complexity index is 479. The Hall–Kier alpha value is -1.90. The SMILES string of the molecule is CC(=O)Nc1ccc2ncccc2c1. The van der Waals surface area contributed by atoms with Crippen molar-refractivity contribution in [2.24, 2.45) is 0 Å². The Morgan fingerprint density at radius 3 is 3.00 bits per heavy atom. The van der Waals surface area contributed by atoms with E-state index in [1.54, 1.807) is 6.20 Å². The minimum absolute atomic E-state index is 0.0618. The molecule has 1 N–H and O–H groups in total. The van der Waals surface area contributed by atoms with Crippen LogP contribution < -0.4 is 5.32 Å². The van der Waals surface area contributed by atoms with Gasteiger partial charge in [-0.25, -0.2) is 0 Å². The molecular weight excluding hydrogens is 176 g/mol. The maximum absolute atomic E-state index is 10.8. The number of amides is 1. The first kappa shape index (κ1) is 8.69. The van der Waals surface area contributed by atoms with E-state index in [4.69, 9.17) is 0 Å². The van der Waals surface area contributed by atoms with E-state index in [9.17, 15) is 4.79 Å². The normalized spacial score (nSPS) is 10.1. The second-order valence-electron chi connectivity index (χ2n) is 3.09. The molecule has 0 radical (unpaired) electrons. The molecular formula is C11H10N2O. The number of carbonyl (C=O) groups is 1. The summed E-state index contributed by atoms with van der Waals surface area (Å²) >= 11 is 0. The molecule has 0 aliphatic carbocycles. The average molecular weight is 186 g/mol. The molecule has 0 saturated heterocycles. The maximum Gasteiger partial charge on any atom is 0.221 e. The Morgan fingerprint density at radius 1 is 1.36 bits per heavy atom. The lowest BCUT2D eigenvalue weighted by Gasteiger charge is -2.02. The van der Waals surface area contributed by atoms with E-state index < -0.39 is 0 Å². The number of nitrogens with zero attached hydrogens (tertiary/aromatic N) is 1. The lowest BCUT2D eigenvalue weighted by atomic mass is 10.2. The van der Waals surface area contributed by atoms with Crippen molar-refractivity contribution in [2.45, 2.75) is 6.92 Å². The minimum Gasteiger partial charge on any atom is -0.326 e. The summed E-state index contributed by atoms with van der Waals surface area (Å²) in [6, 6.07) is 9.48. The van der Waals surface area contributed by atoms with Gasteiger partial charge in [0.25, 0.3) is 0 Å². The van der Waals surface area contributed by atoms with Gasteiger partial charge in [-0.15, -0.1) is 0 Å². The lowest BCUT2D eigenvalue weighted by molar-refractivity contribution is -0.114. The van der Waals surface area contributed by atoms with Crippen LogP contribution in [0.3, 0.4) is 0 Å². The van der Waals surface area contributed by atoms with Gasteiger partial charge in [0.1, 0.15) is 0 Å². The standard InChI is InChI=1S/C11H10N2O/c1-8(14)13-10-4-5-11-9(7-10)3-2-6-12-11/h2-7H,1H3,(H,13,14). The van der Waals surface area contributed by atoms with Gasteiger partial charge < -0.3 is 5.32 Å². The van der Waals surface area contributed by atoms with Crippen LogP contribution in [-0.4, -0.2) is 10.9 Å². The first-order valence-electron chi connectivity index (χ1n) is 4.38. The monoisotopic (exact) mass is 186 g/mol. The number of nitrogens with one attached hydrogen (secondary N) is 1. The van der Waals surface area contributed by atoms with Crippen molar-refractivity contribution in [1.29, 1.82) is 0 Å². The van der Waals surface area contributed by atoms with E-state index in [0.29, 0.717) is 0 Å². The van der Waals surface area contributed by atoms with Crippen LogP contribution in [-0.2, 0) is 4.79 Å². The summed E-state index contributed by atoms with van der Waals surface area (Å²) in [5.74, 6) is -0.0618. The summed E-state index contributed by atoms with van der Waals surface area (Å²) in [7, 11) is 0. The van der Waals surface area contributed by atoms with E-state index >= 15 is 0 Å². The molecule has 0 fully saturated rings. The molecule has 1 heterocycles. The topological polar surface area (TPSA) is 42.0 Å². The Morgan fingerprint density at radius 2 is 2.21 bits per heavy atom. The fourth-order valence-corrected chi connectivity index (χ4v) is 1.36. The summed E-state index contributed by atoms with van der Waals surface area (Å²) < 4.78 is 0. The van der Waals surface area contributed by atoms with Gasteiger partial charge in [0.05, 0.1) is 5.52 Å². The molecule has 0 spiro atoms. The molecule has 0 bridgehead atoms. The second-order valence-corrected chi connectivity index (χ2v) is 3.09. The van der Waals surface area contributed by atoms with Crippen LogP contribution in [0.1, 0.15) is 6.92 Å². The van der Waals surface area contributed by atoms with E-state index in [2.05, 4.69) is 10.3 Å². The molecule has 0 unspecified atom stereocenters. The molecule has 0 atom stereocenters. The molecule has 1 aromatic heterocycles. The average Bonchev–Trinajstić information content (AvgIpc) is 2.17. The highest BCUT2D eigenvalue weighted by molar-refractivity contribution is 5.92. The van der Waals surface area contributed by atoms with E-state index in [1.165, 1.54) is 6.92 Å². The third kappa shape index (κ3) is 1.71. The predicted octanol–water partition coefficient (Wildman–Crippen LogP) is 2.19. The number of fused-ring (bicyclic) bond motifs is 1. The third-order valence-corrected chi connectivity index (χ3v) is 1.92. The zero-order valence-electron chi connectivity index (χ0n) is 7.82. The van der Waals surface area contributed by atoms with Crippen molar-refractivity contribution in [3.8, 4) is 0 Å². The van der Waals surface area contributed by atoms with Crippen LogP contribution in [0.15, 0.2) is 36.5 Å². The van der Waals surface area contributed by atoms with E-state index in [0.717, 1.165) is 16.6 Å². The molecule has 2 rings (SSSR count). The van der Waals surface area contributed by atoms with Gasteiger partial charge in [0.2, 0.25) is 5.91 Å². The number of carbonyl (C=O) groups excluding carboxylic acids is 1. The van der Waals surface area contributed by atoms with Gasteiger partial charge in [-0.1, -0.05) is 6.07 Å². The fraction of sp³-hybridized carbons (Fsp3) is 0.0909. The number of pyridine rings is 1. The van der Waals surface area contributed by atoms with Gasteiger partial charge >= 0.3 is 0 Å². The number of hydrogen-bond acceptors (Lipinski definition) is 2. The molecule has 0 saturated carbocycles. The highest BCUT2D eigenvalue weighted by Gasteiger charge is 1.97. The van der Waals surface area contributed by atoms with Crippen LogP contribution in [0.25, 0.3) is 10.9 Å². The Balaban J connectivity index is 2.46. The summed E-state index contributed by atoms with van der Waals surface area (Å²) in [6.45, 7) is 1.49. The van der Waals surface area contributed by atoms with E-state index in [1.807, 2.05) is 30.3 Å². The highest BCUT2D eigenvalue weighted by Crippen LogP contribution is 2.16. The Labute approximate surface area is 81.8 Å². The van der Waals surface area contributed by atoms with Gasteiger partial charge in [-0.3, -0.25) is 9.78 Å². The summed E-state index contributed by atoms with van der Waals surface area (Å²) in [5, 5.41) is 3.76. The van der Waals surface area contributed by atoms with Crippen molar-refractivity contribution >= 4 is 22.5 Å². The largest absolute Gasteiger partial charge is 0.326 e. The molecule has 0 aliphatic heterocycles. The van der Waals surface area contributed by atoms with Crippen molar-refractivity contribution in [2.75, 3.05) is 5.32 Å². The number of anilines is 1. The number of aromatic nitrogens is 1. The van der Waals surface area contributed by atoms with E-state index in [-0.39, 0.29) is 5.91 Å². The molecule has 3 nitrogen and oxygen atoms in total. The van der Waals surface area contributed by atoms with Gasteiger partial charge in [0.15, 0.2) is 0 Å². The number of benzene rings is 1. The smallest absolute Gasteiger partial charge is 0.221 e. The predicted molar refractivity (Wildman–Crippen MR) is 56.0 cm³/mol. The van der Waals surface area contributed by atoms with Crippen LogP contribution in [0, 0.1) is 0 Å². The quantitative estimate of drug-likeness (QED) is 0.741. The van der Waals surface area contributed by atoms with Crippen LogP contribution >= 0.6 is 0 Å². The molecule has 70 valence electrons. The van der Waals surface area contributed by atoms with Crippen molar-refractivity contribution in [3.63, 3.8) is 0 Å². The van der Waals surface area contributed by atoms with Crippen molar-refractivity contribution in [3.05, 3.63) is 36.5 Å². The molecule has 0 aliphatic rings. The van der Waals surface area contributed by atoms with Crippen LogP contribution in [0.4, 0.5) is 5.69 Å². The lowest BCUT2D eigenvalue weighted by Crippen LogP contribution is -2.05. The maximum atomic E-state index is 10.8.